The maximum absolute atomic E-state index is 12.7. The topological polar surface area (TPSA) is 69.6 Å². The summed E-state index contributed by atoms with van der Waals surface area (Å²) < 4.78 is 0. The van der Waals surface area contributed by atoms with Crippen LogP contribution in [0.15, 0.2) is 18.5 Å². The third-order valence-corrected chi connectivity index (χ3v) is 4.59. The van der Waals surface area contributed by atoms with Gasteiger partial charge in [0.05, 0.1) is 5.92 Å². The Kier molecular flexibility index (Phi) is 4.73. The van der Waals surface area contributed by atoms with Gasteiger partial charge < -0.3 is 14.7 Å². The van der Waals surface area contributed by atoms with Gasteiger partial charge in [-0.2, -0.15) is 0 Å². The van der Waals surface area contributed by atoms with Crippen LogP contribution in [-0.2, 0) is 9.59 Å². The largest absolute Gasteiger partial charge is 0.342 e. The maximum atomic E-state index is 12.7. The second kappa shape index (κ2) is 6.93. The van der Waals surface area contributed by atoms with E-state index in [0.29, 0.717) is 26.1 Å². The summed E-state index contributed by atoms with van der Waals surface area (Å²) in [5.41, 5.74) is 0. The molecule has 2 amide bonds. The van der Waals surface area contributed by atoms with Gasteiger partial charge in [0.1, 0.15) is 0 Å². The van der Waals surface area contributed by atoms with Crippen LogP contribution < -0.4 is 4.90 Å². The molecule has 7 heteroatoms. The predicted molar refractivity (Wildman–Crippen MR) is 85.8 cm³/mol. The van der Waals surface area contributed by atoms with E-state index in [2.05, 4.69) is 14.9 Å². The van der Waals surface area contributed by atoms with Gasteiger partial charge in [-0.15, -0.1) is 0 Å². The van der Waals surface area contributed by atoms with Crippen molar-refractivity contribution in [3.05, 3.63) is 18.5 Å². The first-order chi connectivity index (χ1) is 11.2. The van der Waals surface area contributed by atoms with Crippen LogP contribution in [0.5, 0.6) is 0 Å². The Bertz CT molecular complexity index is 565. The van der Waals surface area contributed by atoms with Crippen LogP contribution in [0.1, 0.15) is 19.8 Å². The minimum atomic E-state index is -0.179. The highest BCUT2D eigenvalue weighted by molar-refractivity contribution is 5.89. The number of amides is 2. The van der Waals surface area contributed by atoms with Crippen molar-refractivity contribution in [3.63, 3.8) is 0 Å². The molecule has 0 N–H and O–H groups in total. The molecular formula is C16H23N5O2. The van der Waals surface area contributed by atoms with Gasteiger partial charge in [-0.25, -0.2) is 9.97 Å². The van der Waals surface area contributed by atoms with Crippen molar-refractivity contribution in [2.45, 2.75) is 19.8 Å². The van der Waals surface area contributed by atoms with Crippen LogP contribution in [0.25, 0.3) is 0 Å². The molecule has 124 valence electrons. The van der Waals surface area contributed by atoms with E-state index in [1.165, 1.54) is 0 Å². The molecule has 1 aromatic rings. The van der Waals surface area contributed by atoms with Crippen LogP contribution in [-0.4, -0.2) is 70.9 Å². The Labute approximate surface area is 136 Å². The first-order valence-electron chi connectivity index (χ1n) is 8.27. The monoisotopic (exact) mass is 317 g/mol. The quantitative estimate of drug-likeness (QED) is 0.806. The number of carbonyl (C=O) groups excluding carboxylic acids is 2. The molecule has 23 heavy (non-hydrogen) atoms. The van der Waals surface area contributed by atoms with E-state index >= 15 is 0 Å². The number of aromatic nitrogens is 2. The maximum Gasteiger partial charge on any atom is 0.228 e. The standard InChI is InChI=1S/C16H23N5O2/c1-2-19-12-13(11-14(19)22)15(23)20-7-4-8-21(10-9-20)16-17-5-3-6-18-16/h3,5-6,13H,2,4,7-12H2,1H3/t13-/m0/s1. The third kappa shape index (κ3) is 3.43. The summed E-state index contributed by atoms with van der Waals surface area (Å²) >= 11 is 0. The summed E-state index contributed by atoms with van der Waals surface area (Å²) in [6.45, 7) is 6.17. The molecule has 0 aliphatic carbocycles. The van der Waals surface area contributed by atoms with Crippen LogP contribution in [0.2, 0.25) is 0 Å². The summed E-state index contributed by atoms with van der Waals surface area (Å²) in [5.74, 6) is 0.752. The molecular weight excluding hydrogens is 294 g/mol. The zero-order chi connectivity index (χ0) is 16.2. The number of hydrogen-bond acceptors (Lipinski definition) is 5. The van der Waals surface area contributed by atoms with Gasteiger partial charge in [-0.05, 0) is 19.4 Å². The van der Waals surface area contributed by atoms with Crippen molar-refractivity contribution >= 4 is 17.8 Å². The molecule has 0 spiro atoms. The Morgan fingerprint density at radius 2 is 2.00 bits per heavy atom. The van der Waals surface area contributed by atoms with E-state index in [1.54, 1.807) is 23.4 Å². The number of likely N-dealkylation sites (tertiary alicyclic amines) is 1. The fraction of sp³-hybridized carbons (Fsp3) is 0.625. The molecule has 0 radical (unpaired) electrons. The normalized spacial score (nSPS) is 22.4. The van der Waals surface area contributed by atoms with Gasteiger partial charge in [0.2, 0.25) is 17.8 Å². The van der Waals surface area contributed by atoms with Gasteiger partial charge in [-0.1, -0.05) is 0 Å². The number of rotatable bonds is 3. The van der Waals surface area contributed by atoms with Crippen molar-refractivity contribution in [3.8, 4) is 0 Å². The van der Waals surface area contributed by atoms with Crippen LogP contribution in [0.4, 0.5) is 5.95 Å². The fourth-order valence-corrected chi connectivity index (χ4v) is 3.29. The van der Waals surface area contributed by atoms with Gasteiger partial charge in [0.25, 0.3) is 0 Å². The highest BCUT2D eigenvalue weighted by atomic mass is 16.2. The Balaban J connectivity index is 1.60. The first kappa shape index (κ1) is 15.7. The molecule has 3 heterocycles. The van der Waals surface area contributed by atoms with Gasteiger partial charge in [0, 0.05) is 58.1 Å². The molecule has 2 saturated heterocycles. The first-order valence-corrected chi connectivity index (χ1v) is 8.27. The molecule has 0 bridgehead atoms. The summed E-state index contributed by atoms with van der Waals surface area (Å²) in [5, 5.41) is 0. The zero-order valence-corrected chi connectivity index (χ0v) is 13.5. The summed E-state index contributed by atoms with van der Waals surface area (Å²) in [7, 11) is 0. The summed E-state index contributed by atoms with van der Waals surface area (Å²) in [6.07, 6.45) is 4.72. The van der Waals surface area contributed by atoms with E-state index in [1.807, 2.05) is 11.8 Å². The van der Waals surface area contributed by atoms with Crippen LogP contribution in [0.3, 0.4) is 0 Å². The number of anilines is 1. The van der Waals surface area contributed by atoms with E-state index < -0.39 is 0 Å². The lowest BCUT2D eigenvalue weighted by molar-refractivity contribution is -0.135. The van der Waals surface area contributed by atoms with Crippen molar-refractivity contribution in [1.82, 2.24) is 19.8 Å². The van der Waals surface area contributed by atoms with Crippen molar-refractivity contribution in [2.24, 2.45) is 5.92 Å². The van der Waals surface area contributed by atoms with Crippen molar-refractivity contribution < 1.29 is 9.59 Å². The zero-order valence-electron chi connectivity index (χ0n) is 13.5. The third-order valence-electron chi connectivity index (χ3n) is 4.59. The lowest BCUT2D eigenvalue weighted by atomic mass is 10.1. The smallest absolute Gasteiger partial charge is 0.228 e. The molecule has 3 rings (SSSR count). The van der Waals surface area contributed by atoms with Crippen molar-refractivity contribution in [2.75, 3.05) is 44.2 Å². The molecule has 0 unspecified atom stereocenters. The van der Waals surface area contributed by atoms with Crippen LogP contribution >= 0.6 is 0 Å². The molecule has 1 atom stereocenters. The molecule has 0 aromatic carbocycles. The summed E-state index contributed by atoms with van der Waals surface area (Å²) in [4.78, 5) is 38.9. The van der Waals surface area contributed by atoms with E-state index in [9.17, 15) is 9.59 Å². The lowest BCUT2D eigenvalue weighted by Gasteiger charge is -2.24. The summed E-state index contributed by atoms with van der Waals surface area (Å²) in [6, 6.07) is 1.80. The van der Waals surface area contributed by atoms with Crippen molar-refractivity contribution in [1.29, 1.82) is 0 Å². The Hall–Kier alpha value is -2.18. The van der Waals surface area contributed by atoms with Gasteiger partial charge in [0.15, 0.2) is 0 Å². The fourth-order valence-electron chi connectivity index (χ4n) is 3.29. The molecule has 2 fully saturated rings. The molecule has 2 aliphatic heterocycles. The molecule has 0 saturated carbocycles. The van der Waals surface area contributed by atoms with E-state index in [0.717, 1.165) is 32.0 Å². The molecule has 2 aliphatic rings. The highest BCUT2D eigenvalue weighted by Crippen LogP contribution is 2.21. The molecule has 1 aromatic heterocycles. The predicted octanol–water partition coefficient (Wildman–Crippen LogP) is 0.384. The average molecular weight is 317 g/mol. The number of nitrogens with zero attached hydrogens (tertiary/aromatic N) is 5. The minimum Gasteiger partial charge on any atom is -0.342 e. The number of carbonyl (C=O) groups is 2. The highest BCUT2D eigenvalue weighted by Gasteiger charge is 2.36. The molecule has 7 nitrogen and oxygen atoms in total. The Morgan fingerprint density at radius 3 is 2.70 bits per heavy atom. The van der Waals surface area contributed by atoms with Crippen LogP contribution in [0, 0.1) is 5.92 Å². The van der Waals surface area contributed by atoms with E-state index in [-0.39, 0.29) is 17.7 Å². The Morgan fingerprint density at radius 1 is 1.22 bits per heavy atom. The SMILES string of the molecule is CCN1C[C@@H](C(=O)N2CCCN(c3ncccn3)CC2)CC1=O. The second-order valence-electron chi connectivity index (χ2n) is 6.05. The lowest BCUT2D eigenvalue weighted by Crippen LogP contribution is -2.40. The van der Waals surface area contributed by atoms with Gasteiger partial charge in [-0.3, -0.25) is 9.59 Å². The average Bonchev–Trinajstić information content (AvgIpc) is 2.81. The minimum absolute atomic E-state index is 0.0972. The second-order valence-corrected chi connectivity index (χ2v) is 6.05. The van der Waals surface area contributed by atoms with Gasteiger partial charge >= 0.3 is 0 Å². The number of hydrogen-bond donors (Lipinski definition) is 0. The van der Waals surface area contributed by atoms with E-state index in [4.69, 9.17) is 0 Å².